The summed E-state index contributed by atoms with van der Waals surface area (Å²) in [6.07, 6.45) is 22.5. The highest BCUT2D eigenvalue weighted by molar-refractivity contribution is 5.22. The molecule has 0 saturated heterocycles. The van der Waals surface area contributed by atoms with Crippen LogP contribution in [0.4, 0.5) is 4.39 Å². The number of benzene rings is 1. The Hall–Kier alpha value is -1.88. The zero-order valence-electron chi connectivity index (χ0n) is 19.4. The van der Waals surface area contributed by atoms with Crippen molar-refractivity contribution < 1.29 is 4.39 Å². The number of allylic oxidation sites excluding steroid dienone is 4. The molecule has 0 amide bonds. The Morgan fingerprint density at radius 1 is 0.935 bits per heavy atom. The molecule has 0 unspecified atom stereocenters. The molecule has 2 aliphatic carbocycles. The summed E-state index contributed by atoms with van der Waals surface area (Å²) in [6, 6.07) is 10.7. The lowest BCUT2D eigenvalue weighted by Crippen LogP contribution is -2.25. The van der Waals surface area contributed by atoms with Crippen molar-refractivity contribution in [2.75, 3.05) is 0 Å². The number of nitrogens with zero attached hydrogens (tertiary/aromatic N) is 1. The van der Waals surface area contributed by atoms with E-state index < -0.39 is 5.83 Å². The van der Waals surface area contributed by atoms with Gasteiger partial charge in [0.25, 0.3) is 0 Å². The average molecular weight is 422 g/mol. The molecule has 0 spiro atoms. The summed E-state index contributed by atoms with van der Waals surface area (Å²) in [5.41, 5.74) is 2.94. The molecule has 0 atom stereocenters. The lowest BCUT2D eigenvalue weighted by molar-refractivity contribution is 0.151. The van der Waals surface area contributed by atoms with Gasteiger partial charge in [-0.3, -0.25) is 0 Å². The predicted octanol–water partition coefficient (Wildman–Crippen LogP) is 8.51. The van der Waals surface area contributed by atoms with Gasteiger partial charge in [-0.05, 0) is 98.7 Å². The molecular formula is C29H40FN. The third-order valence-electron chi connectivity index (χ3n) is 7.87. The second kappa shape index (κ2) is 12.8. The van der Waals surface area contributed by atoms with Gasteiger partial charge in [0.2, 0.25) is 0 Å². The molecule has 0 aliphatic heterocycles. The zero-order valence-corrected chi connectivity index (χ0v) is 19.4. The molecule has 2 heteroatoms. The van der Waals surface area contributed by atoms with Crippen molar-refractivity contribution in [3.63, 3.8) is 0 Å². The van der Waals surface area contributed by atoms with Crippen molar-refractivity contribution in [1.82, 2.24) is 0 Å². The summed E-state index contributed by atoms with van der Waals surface area (Å²) < 4.78 is 12.9. The van der Waals surface area contributed by atoms with Crippen LogP contribution >= 0.6 is 0 Å². The smallest absolute Gasteiger partial charge is 0.195 e. The Labute approximate surface area is 189 Å². The van der Waals surface area contributed by atoms with E-state index in [0.29, 0.717) is 5.92 Å². The van der Waals surface area contributed by atoms with E-state index in [0.717, 1.165) is 24.2 Å². The normalized spacial score (nSPS) is 27.3. The first kappa shape index (κ1) is 23.8. The molecule has 1 aromatic rings. The number of aryl methyl sites for hydroxylation is 2. The number of hydrogen-bond donors (Lipinski definition) is 0. The van der Waals surface area contributed by atoms with Crippen molar-refractivity contribution in [3.05, 3.63) is 59.4 Å². The van der Waals surface area contributed by atoms with E-state index in [4.69, 9.17) is 5.26 Å². The van der Waals surface area contributed by atoms with Gasteiger partial charge in [-0.15, -0.1) is 0 Å². The summed E-state index contributed by atoms with van der Waals surface area (Å²) >= 11 is 0. The van der Waals surface area contributed by atoms with Crippen LogP contribution in [0.5, 0.6) is 0 Å². The van der Waals surface area contributed by atoms with E-state index >= 15 is 0 Å². The SMILES string of the molecule is CCc1ccc(CCCCC2CCC(C3CCC(/C=C/C=C(\F)C#N)CC3)CC2)cc1. The van der Waals surface area contributed by atoms with Gasteiger partial charge in [0.05, 0.1) is 0 Å². The number of unbranched alkanes of at least 4 members (excludes halogenated alkanes) is 1. The Bertz CT molecular complexity index is 738. The molecule has 0 aromatic heterocycles. The first-order valence-electron chi connectivity index (χ1n) is 12.7. The highest BCUT2D eigenvalue weighted by atomic mass is 19.1. The van der Waals surface area contributed by atoms with Gasteiger partial charge >= 0.3 is 0 Å². The topological polar surface area (TPSA) is 23.8 Å². The monoisotopic (exact) mass is 421 g/mol. The van der Waals surface area contributed by atoms with Crippen LogP contribution in [-0.2, 0) is 12.8 Å². The number of hydrogen-bond acceptors (Lipinski definition) is 1. The molecular weight excluding hydrogens is 381 g/mol. The maximum Gasteiger partial charge on any atom is 0.199 e. The van der Waals surface area contributed by atoms with Crippen molar-refractivity contribution in [1.29, 1.82) is 5.26 Å². The van der Waals surface area contributed by atoms with E-state index in [1.807, 2.05) is 0 Å². The van der Waals surface area contributed by atoms with Gasteiger partial charge in [0.15, 0.2) is 5.83 Å². The minimum atomic E-state index is -0.702. The Morgan fingerprint density at radius 2 is 1.55 bits per heavy atom. The molecule has 2 fully saturated rings. The van der Waals surface area contributed by atoms with E-state index in [1.165, 1.54) is 100 Å². The molecule has 168 valence electrons. The molecule has 0 heterocycles. The van der Waals surface area contributed by atoms with E-state index in [1.54, 1.807) is 6.08 Å². The molecule has 2 saturated carbocycles. The largest absolute Gasteiger partial charge is 0.199 e. The fourth-order valence-corrected chi connectivity index (χ4v) is 5.80. The highest BCUT2D eigenvalue weighted by Gasteiger charge is 2.30. The van der Waals surface area contributed by atoms with Gasteiger partial charge in [0, 0.05) is 0 Å². The first-order valence-corrected chi connectivity index (χ1v) is 12.7. The van der Waals surface area contributed by atoms with Crippen LogP contribution < -0.4 is 0 Å². The number of rotatable bonds is 9. The Balaban J connectivity index is 1.28. The summed E-state index contributed by atoms with van der Waals surface area (Å²) in [4.78, 5) is 0. The fourth-order valence-electron chi connectivity index (χ4n) is 5.80. The molecule has 1 nitrogen and oxygen atoms in total. The lowest BCUT2D eigenvalue weighted by Gasteiger charge is -2.37. The van der Waals surface area contributed by atoms with E-state index in [9.17, 15) is 4.39 Å². The maximum absolute atomic E-state index is 12.9. The summed E-state index contributed by atoms with van der Waals surface area (Å²) in [7, 11) is 0. The Kier molecular flexibility index (Phi) is 9.85. The van der Waals surface area contributed by atoms with Crippen LogP contribution in [0.25, 0.3) is 0 Å². The van der Waals surface area contributed by atoms with Crippen LogP contribution in [0, 0.1) is 35.0 Å². The quantitative estimate of drug-likeness (QED) is 0.223. The van der Waals surface area contributed by atoms with Gasteiger partial charge in [-0.1, -0.05) is 69.0 Å². The second-order valence-corrected chi connectivity index (χ2v) is 9.88. The number of halogens is 1. The van der Waals surface area contributed by atoms with E-state index in [2.05, 4.69) is 37.3 Å². The summed E-state index contributed by atoms with van der Waals surface area (Å²) in [5.74, 6) is 2.66. The third-order valence-corrected chi connectivity index (χ3v) is 7.87. The van der Waals surface area contributed by atoms with Crippen molar-refractivity contribution in [2.45, 2.75) is 90.4 Å². The van der Waals surface area contributed by atoms with Crippen LogP contribution in [0.2, 0.25) is 0 Å². The average Bonchev–Trinajstić information content (AvgIpc) is 2.83. The van der Waals surface area contributed by atoms with Crippen molar-refractivity contribution in [3.8, 4) is 6.07 Å². The summed E-state index contributed by atoms with van der Waals surface area (Å²) in [6.45, 7) is 2.22. The lowest BCUT2D eigenvalue weighted by atomic mass is 9.68. The molecule has 0 radical (unpaired) electrons. The first-order chi connectivity index (χ1) is 15.2. The van der Waals surface area contributed by atoms with Crippen LogP contribution in [0.3, 0.4) is 0 Å². The van der Waals surface area contributed by atoms with Gasteiger partial charge in [-0.25, -0.2) is 0 Å². The molecule has 3 rings (SSSR count). The standard InChI is InChI=1S/C29H40FN/c1-2-23-10-12-24(13-11-23)6-3-4-7-25-14-18-27(19-15-25)28-20-16-26(17-21-28)8-5-9-29(30)22-31/h5,8-13,25-28H,2-4,6-7,14-21H2,1H3/b8-5+,29-9-. The maximum atomic E-state index is 12.9. The minimum Gasteiger partial charge on any atom is -0.195 e. The predicted molar refractivity (Wildman–Crippen MR) is 128 cm³/mol. The molecule has 2 aliphatic rings. The van der Waals surface area contributed by atoms with Crippen molar-refractivity contribution >= 4 is 0 Å². The van der Waals surface area contributed by atoms with Gasteiger partial charge < -0.3 is 0 Å². The molecule has 0 N–H and O–H groups in total. The fraction of sp³-hybridized carbons (Fsp3) is 0.621. The van der Waals surface area contributed by atoms with Crippen LogP contribution in [0.1, 0.15) is 88.7 Å². The Morgan fingerprint density at radius 3 is 2.16 bits per heavy atom. The van der Waals surface area contributed by atoms with Crippen LogP contribution in [0.15, 0.2) is 48.3 Å². The second-order valence-electron chi connectivity index (χ2n) is 9.88. The van der Waals surface area contributed by atoms with Gasteiger partial charge in [-0.2, -0.15) is 9.65 Å². The summed E-state index contributed by atoms with van der Waals surface area (Å²) in [5, 5.41) is 8.47. The minimum absolute atomic E-state index is 0.563. The third kappa shape index (κ3) is 7.95. The van der Waals surface area contributed by atoms with Crippen molar-refractivity contribution in [2.24, 2.45) is 23.7 Å². The molecule has 0 bridgehead atoms. The van der Waals surface area contributed by atoms with Crippen LogP contribution in [-0.4, -0.2) is 0 Å². The number of nitriles is 1. The molecule has 31 heavy (non-hydrogen) atoms. The zero-order chi connectivity index (χ0) is 21.9. The van der Waals surface area contributed by atoms with Gasteiger partial charge in [0.1, 0.15) is 6.07 Å². The molecule has 1 aromatic carbocycles. The van der Waals surface area contributed by atoms with E-state index in [-0.39, 0.29) is 0 Å². The highest BCUT2D eigenvalue weighted by Crippen LogP contribution is 2.42.